The Morgan fingerprint density at radius 2 is 2.11 bits per heavy atom. The monoisotopic (exact) mass is 249 g/mol. The fourth-order valence-corrected chi connectivity index (χ4v) is 1.82. The highest BCUT2D eigenvalue weighted by molar-refractivity contribution is 5.78. The first-order valence-electron chi connectivity index (χ1n) is 5.60. The molecule has 1 aromatic carbocycles. The Bertz CT molecular complexity index is 614. The summed E-state index contributed by atoms with van der Waals surface area (Å²) in [6, 6.07) is 5.37. The second-order valence-electron chi connectivity index (χ2n) is 4.11. The summed E-state index contributed by atoms with van der Waals surface area (Å²) in [5.74, 6) is -0.173. The number of hydrogen-bond donors (Lipinski definition) is 3. The summed E-state index contributed by atoms with van der Waals surface area (Å²) in [4.78, 5) is 27.9. The number of fused-ring (bicyclic) bond motifs is 1. The number of ether oxygens (including phenoxy) is 1. The van der Waals surface area contributed by atoms with Crippen molar-refractivity contribution >= 4 is 16.9 Å². The van der Waals surface area contributed by atoms with E-state index in [0.29, 0.717) is 0 Å². The van der Waals surface area contributed by atoms with E-state index in [4.69, 9.17) is 4.74 Å². The van der Waals surface area contributed by atoms with Gasteiger partial charge in [-0.2, -0.15) is 0 Å². The molecule has 0 aliphatic heterocycles. The molecule has 1 unspecified atom stereocenters. The third-order valence-electron chi connectivity index (χ3n) is 2.69. The van der Waals surface area contributed by atoms with Crippen LogP contribution < -0.4 is 11.0 Å². The smallest absolute Gasteiger partial charge is 0.323 e. The van der Waals surface area contributed by atoms with Crippen molar-refractivity contribution < 1.29 is 9.53 Å². The van der Waals surface area contributed by atoms with Gasteiger partial charge >= 0.3 is 5.69 Å². The predicted molar refractivity (Wildman–Crippen MR) is 67.4 cm³/mol. The van der Waals surface area contributed by atoms with E-state index in [9.17, 15) is 9.59 Å². The van der Waals surface area contributed by atoms with E-state index in [0.717, 1.165) is 16.6 Å². The molecular formula is C12H15N3O3. The molecule has 1 atom stereocenters. The number of benzene rings is 1. The second-order valence-corrected chi connectivity index (χ2v) is 4.11. The lowest BCUT2D eigenvalue weighted by Gasteiger charge is -2.13. The Labute approximate surface area is 103 Å². The van der Waals surface area contributed by atoms with Gasteiger partial charge in [0.2, 0.25) is 5.91 Å². The van der Waals surface area contributed by atoms with E-state index in [1.165, 1.54) is 7.11 Å². The van der Waals surface area contributed by atoms with E-state index in [1.807, 2.05) is 25.1 Å². The summed E-state index contributed by atoms with van der Waals surface area (Å²) >= 11 is 0. The van der Waals surface area contributed by atoms with Gasteiger partial charge in [0, 0.05) is 7.11 Å². The van der Waals surface area contributed by atoms with Gasteiger partial charge in [0.15, 0.2) is 0 Å². The molecule has 1 amide bonds. The minimum Gasteiger partial charge on any atom is -0.375 e. The van der Waals surface area contributed by atoms with Gasteiger partial charge in [-0.25, -0.2) is 4.79 Å². The fourth-order valence-electron chi connectivity index (χ4n) is 1.82. The molecule has 2 rings (SSSR count). The zero-order chi connectivity index (χ0) is 13.1. The minimum atomic E-state index is -0.238. The number of amides is 1. The molecule has 0 aliphatic carbocycles. The Kier molecular flexibility index (Phi) is 3.47. The van der Waals surface area contributed by atoms with Crippen LogP contribution in [0.3, 0.4) is 0 Å². The summed E-state index contributed by atoms with van der Waals surface area (Å²) in [7, 11) is 1.47. The topological polar surface area (TPSA) is 87.0 Å². The van der Waals surface area contributed by atoms with Crippen molar-refractivity contribution in [2.45, 2.75) is 13.0 Å². The van der Waals surface area contributed by atoms with Crippen LogP contribution >= 0.6 is 0 Å². The van der Waals surface area contributed by atoms with Crippen molar-refractivity contribution in [2.75, 3.05) is 13.7 Å². The predicted octanol–water partition coefficient (Wildman–Crippen LogP) is 0.680. The number of aromatic amines is 2. The molecule has 0 radical (unpaired) electrons. The second kappa shape index (κ2) is 5.05. The quantitative estimate of drug-likeness (QED) is 0.744. The molecule has 96 valence electrons. The van der Waals surface area contributed by atoms with Crippen LogP contribution in [-0.2, 0) is 9.53 Å². The third-order valence-corrected chi connectivity index (χ3v) is 2.69. The Balaban J connectivity index is 2.19. The largest absolute Gasteiger partial charge is 0.375 e. The summed E-state index contributed by atoms with van der Waals surface area (Å²) < 4.78 is 4.75. The Morgan fingerprint density at radius 3 is 2.83 bits per heavy atom. The molecule has 0 spiro atoms. The standard InChI is InChI=1S/C12H15N3O3/c1-7(13-11(16)6-18-2)8-3-4-9-10(5-8)15-12(17)14-9/h3-5,7H,6H2,1-2H3,(H,13,16)(H2,14,15,17). The van der Waals surface area contributed by atoms with Crippen molar-refractivity contribution in [2.24, 2.45) is 0 Å². The number of imidazole rings is 1. The zero-order valence-electron chi connectivity index (χ0n) is 10.2. The van der Waals surface area contributed by atoms with E-state index in [1.54, 1.807) is 0 Å². The molecule has 0 fully saturated rings. The Hall–Kier alpha value is -2.08. The number of carbonyl (C=O) groups excluding carboxylic acids is 1. The summed E-state index contributed by atoms with van der Waals surface area (Å²) in [5, 5.41) is 2.80. The first kappa shape index (κ1) is 12.4. The van der Waals surface area contributed by atoms with Crippen molar-refractivity contribution in [3.8, 4) is 0 Å². The van der Waals surface area contributed by atoms with Crippen LogP contribution in [0.4, 0.5) is 0 Å². The normalized spacial score (nSPS) is 12.6. The van der Waals surface area contributed by atoms with Crippen molar-refractivity contribution in [3.63, 3.8) is 0 Å². The molecule has 0 bridgehead atoms. The van der Waals surface area contributed by atoms with Gasteiger partial charge in [0.1, 0.15) is 6.61 Å². The molecule has 0 saturated carbocycles. The van der Waals surface area contributed by atoms with Gasteiger partial charge in [-0.3, -0.25) is 4.79 Å². The van der Waals surface area contributed by atoms with Crippen LogP contribution in [0.25, 0.3) is 11.0 Å². The molecule has 3 N–H and O–H groups in total. The lowest BCUT2D eigenvalue weighted by molar-refractivity contribution is -0.125. The molecule has 1 aromatic heterocycles. The highest BCUT2D eigenvalue weighted by Gasteiger charge is 2.10. The highest BCUT2D eigenvalue weighted by Crippen LogP contribution is 2.16. The number of H-pyrrole nitrogens is 2. The first-order chi connectivity index (χ1) is 8.60. The van der Waals surface area contributed by atoms with Crippen LogP contribution in [-0.4, -0.2) is 29.6 Å². The van der Waals surface area contributed by atoms with Crippen molar-refractivity contribution in [3.05, 3.63) is 34.2 Å². The van der Waals surface area contributed by atoms with Gasteiger partial charge in [0.05, 0.1) is 17.1 Å². The first-order valence-corrected chi connectivity index (χ1v) is 5.60. The van der Waals surface area contributed by atoms with Crippen LogP contribution in [0, 0.1) is 0 Å². The number of aromatic nitrogens is 2. The highest BCUT2D eigenvalue weighted by atomic mass is 16.5. The van der Waals surface area contributed by atoms with E-state index in [-0.39, 0.29) is 24.2 Å². The number of methoxy groups -OCH3 is 1. The van der Waals surface area contributed by atoms with Crippen LogP contribution in [0.5, 0.6) is 0 Å². The van der Waals surface area contributed by atoms with Gasteiger partial charge in [0.25, 0.3) is 0 Å². The average Bonchev–Trinajstić information content (AvgIpc) is 2.68. The third kappa shape index (κ3) is 2.60. The Morgan fingerprint density at radius 1 is 1.39 bits per heavy atom. The van der Waals surface area contributed by atoms with Gasteiger partial charge in [-0.15, -0.1) is 0 Å². The van der Waals surface area contributed by atoms with E-state index < -0.39 is 0 Å². The van der Waals surface area contributed by atoms with Crippen molar-refractivity contribution in [1.29, 1.82) is 0 Å². The molecule has 0 aliphatic rings. The maximum absolute atomic E-state index is 11.4. The molecule has 1 heterocycles. The molecule has 6 nitrogen and oxygen atoms in total. The molecule has 18 heavy (non-hydrogen) atoms. The lowest BCUT2D eigenvalue weighted by atomic mass is 10.1. The number of carbonyl (C=O) groups is 1. The lowest BCUT2D eigenvalue weighted by Crippen LogP contribution is -2.29. The summed E-state index contributed by atoms with van der Waals surface area (Å²) in [6.45, 7) is 1.91. The molecular weight excluding hydrogens is 234 g/mol. The maximum atomic E-state index is 11.4. The van der Waals surface area contributed by atoms with Gasteiger partial charge in [-0.05, 0) is 24.6 Å². The summed E-state index contributed by atoms with van der Waals surface area (Å²) in [6.07, 6.45) is 0. The van der Waals surface area contributed by atoms with Crippen LogP contribution in [0.15, 0.2) is 23.0 Å². The number of hydrogen-bond acceptors (Lipinski definition) is 3. The molecule has 6 heteroatoms. The molecule has 2 aromatic rings. The maximum Gasteiger partial charge on any atom is 0.323 e. The average molecular weight is 249 g/mol. The zero-order valence-corrected chi connectivity index (χ0v) is 10.2. The minimum absolute atomic E-state index is 0.0353. The van der Waals surface area contributed by atoms with Crippen molar-refractivity contribution in [1.82, 2.24) is 15.3 Å². The van der Waals surface area contributed by atoms with Crippen LogP contribution in [0.1, 0.15) is 18.5 Å². The summed E-state index contributed by atoms with van der Waals surface area (Å²) in [5.41, 5.74) is 2.16. The molecule has 0 saturated heterocycles. The van der Waals surface area contributed by atoms with Crippen LogP contribution in [0.2, 0.25) is 0 Å². The van der Waals surface area contributed by atoms with Gasteiger partial charge < -0.3 is 20.0 Å². The fraction of sp³-hybridized carbons (Fsp3) is 0.333. The van der Waals surface area contributed by atoms with E-state index in [2.05, 4.69) is 15.3 Å². The number of nitrogens with one attached hydrogen (secondary N) is 3. The van der Waals surface area contributed by atoms with E-state index >= 15 is 0 Å². The number of rotatable bonds is 4. The van der Waals surface area contributed by atoms with Gasteiger partial charge in [-0.1, -0.05) is 6.07 Å². The SMILES string of the molecule is COCC(=O)NC(C)c1ccc2[nH]c(=O)[nH]c2c1.